The van der Waals surface area contributed by atoms with Crippen LogP contribution >= 0.6 is 35.3 Å². The molecule has 2 rings (SSSR count). The number of guanidine groups is 1. The first-order chi connectivity index (χ1) is 10.7. The fourth-order valence-corrected chi connectivity index (χ4v) is 3.83. The number of aliphatic imine (C=N–C) groups is 1. The maximum absolute atomic E-state index is 12.0. The number of sulfone groups is 1. The van der Waals surface area contributed by atoms with Gasteiger partial charge in [-0.15, -0.1) is 35.3 Å². The van der Waals surface area contributed by atoms with Gasteiger partial charge in [-0.05, 0) is 20.8 Å². The molecule has 2 N–H and O–H groups in total. The first-order valence-corrected chi connectivity index (χ1v) is 10.2. The number of rotatable bonds is 4. The predicted molar refractivity (Wildman–Crippen MR) is 111 cm³/mol. The predicted octanol–water partition coefficient (Wildman–Crippen LogP) is 1.41. The van der Waals surface area contributed by atoms with Crippen LogP contribution < -0.4 is 10.6 Å². The van der Waals surface area contributed by atoms with Crippen molar-refractivity contribution < 1.29 is 8.42 Å². The minimum atomic E-state index is -3.16. The Morgan fingerprint density at radius 2 is 1.96 bits per heavy atom. The van der Waals surface area contributed by atoms with Gasteiger partial charge in [0.1, 0.15) is 0 Å². The van der Waals surface area contributed by atoms with E-state index in [4.69, 9.17) is 5.73 Å². The van der Waals surface area contributed by atoms with Gasteiger partial charge in [0.2, 0.25) is 0 Å². The highest BCUT2D eigenvalue weighted by Crippen LogP contribution is 2.19. The first kappa shape index (κ1) is 21.4. The third-order valence-corrected chi connectivity index (χ3v) is 7.28. The maximum Gasteiger partial charge on any atom is 0.191 e. The molecule has 0 radical (unpaired) electrons. The molecule has 24 heavy (non-hydrogen) atoms. The summed E-state index contributed by atoms with van der Waals surface area (Å²) in [5.41, 5.74) is 6.00. The Balaban J connectivity index is 0.00000288. The van der Waals surface area contributed by atoms with Crippen molar-refractivity contribution in [3.63, 3.8) is 0 Å². The lowest BCUT2D eigenvalue weighted by Crippen LogP contribution is -2.51. The molecule has 1 aromatic heterocycles. The average Bonchev–Trinajstić information content (AvgIpc) is 3.00. The van der Waals surface area contributed by atoms with Gasteiger partial charge < -0.3 is 15.5 Å². The number of nitrogens with two attached hydrogens (primary N) is 1. The van der Waals surface area contributed by atoms with Crippen molar-refractivity contribution in [3.05, 3.63) is 11.6 Å². The third kappa shape index (κ3) is 5.45. The van der Waals surface area contributed by atoms with Crippen LogP contribution in [0, 0.1) is 0 Å². The lowest BCUT2D eigenvalue weighted by molar-refractivity contribution is 0.381. The topological polar surface area (TPSA) is 91.9 Å². The summed E-state index contributed by atoms with van der Waals surface area (Å²) in [6, 6.07) is 0. The van der Waals surface area contributed by atoms with Crippen LogP contribution in [-0.2, 0) is 9.84 Å². The van der Waals surface area contributed by atoms with Crippen LogP contribution in [0.4, 0.5) is 5.13 Å². The minimum absolute atomic E-state index is 0. The Morgan fingerprint density at radius 1 is 1.33 bits per heavy atom. The second kappa shape index (κ2) is 8.65. The number of halogens is 1. The number of piperazine rings is 1. The van der Waals surface area contributed by atoms with E-state index in [0.717, 1.165) is 31.3 Å². The van der Waals surface area contributed by atoms with Gasteiger partial charge in [0.25, 0.3) is 0 Å². The highest BCUT2D eigenvalue weighted by Gasteiger charge is 2.28. The summed E-state index contributed by atoms with van der Waals surface area (Å²) in [6.07, 6.45) is 1.80. The van der Waals surface area contributed by atoms with E-state index in [2.05, 4.69) is 14.9 Å². The molecule has 2 heterocycles. The Bertz CT molecular complexity index is 633. The molecule has 7 nitrogen and oxygen atoms in total. The molecule has 0 aliphatic carbocycles. The summed E-state index contributed by atoms with van der Waals surface area (Å²) in [5, 5.41) is 2.99. The molecule has 0 unspecified atom stereocenters. The average molecular weight is 487 g/mol. The Labute approximate surface area is 165 Å². The molecule has 10 heteroatoms. The molecule has 138 valence electrons. The van der Waals surface area contributed by atoms with Crippen LogP contribution in [0.2, 0.25) is 0 Å². The van der Waals surface area contributed by atoms with Gasteiger partial charge in [-0.2, -0.15) is 0 Å². The van der Waals surface area contributed by atoms with E-state index in [1.54, 1.807) is 38.3 Å². The second-order valence-electron chi connectivity index (χ2n) is 6.46. The Kier molecular flexibility index (Phi) is 7.73. The number of anilines is 1. The van der Waals surface area contributed by atoms with E-state index < -0.39 is 14.6 Å². The SMILES string of the molecule is CC(C)(C)S(=O)(=O)CCN=C(N)N1CCN(c2nccs2)CC1.I. The highest BCUT2D eigenvalue weighted by atomic mass is 127. The molecular weight excluding hydrogens is 461 g/mol. The molecule has 0 bridgehead atoms. The van der Waals surface area contributed by atoms with Crippen molar-refractivity contribution in [1.82, 2.24) is 9.88 Å². The van der Waals surface area contributed by atoms with E-state index in [-0.39, 0.29) is 36.3 Å². The summed E-state index contributed by atoms with van der Waals surface area (Å²) in [5.74, 6) is 0.448. The van der Waals surface area contributed by atoms with Gasteiger partial charge in [0, 0.05) is 37.8 Å². The molecular formula is C14H26IN5O2S2. The van der Waals surface area contributed by atoms with Gasteiger partial charge in [0.15, 0.2) is 20.9 Å². The fourth-order valence-electron chi connectivity index (χ4n) is 2.19. The zero-order chi connectivity index (χ0) is 17.1. The minimum Gasteiger partial charge on any atom is -0.370 e. The third-order valence-electron chi connectivity index (χ3n) is 3.86. The van der Waals surface area contributed by atoms with E-state index in [0.29, 0.717) is 5.96 Å². The summed E-state index contributed by atoms with van der Waals surface area (Å²) < 4.78 is 23.3. The molecule has 1 fully saturated rings. The van der Waals surface area contributed by atoms with Crippen molar-refractivity contribution in [3.8, 4) is 0 Å². The molecule has 0 atom stereocenters. The number of nitrogens with zero attached hydrogens (tertiary/aromatic N) is 4. The van der Waals surface area contributed by atoms with Crippen molar-refractivity contribution >= 4 is 56.2 Å². The van der Waals surface area contributed by atoms with Gasteiger partial charge in [-0.1, -0.05) is 0 Å². The van der Waals surface area contributed by atoms with Crippen LogP contribution in [0.25, 0.3) is 0 Å². The zero-order valence-electron chi connectivity index (χ0n) is 14.3. The number of thiazole rings is 1. The second-order valence-corrected chi connectivity index (χ2v) is 10.2. The van der Waals surface area contributed by atoms with E-state index in [1.807, 2.05) is 10.3 Å². The van der Waals surface area contributed by atoms with E-state index in [9.17, 15) is 8.42 Å². The summed E-state index contributed by atoms with van der Waals surface area (Å²) in [4.78, 5) is 12.8. The normalized spacial score (nSPS) is 16.9. The van der Waals surface area contributed by atoms with Crippen molar-refractivity contribution in [2.75, 3.05) is 43.4 Å². The lowest BCUT2D eigenvalue weighted by Gasteiger charge is -2.35. The molecule has 1 saturated heterocycles. The van der Waals surface area contributed by atoms with Crippen LogP contribution in [0.3, 0.4) is 0 Å². The molecule has 1 aliphatic heterocycles. The van der Waals surface area contributed by atoms with Gasteiger partial charge in [-0.3, -0.25) is 4.99 Å². The molecule has 0 spiro atoms. The molecule has 0 saturated carbocycles. The van der Waals surface area contributed by atoms with Crippen LogP contribution in [0.1, 0.15) is 20.8 Å². The highest BCUT2D eigenvalue weighted by molar-refractivity contribution is 14.0. The quantitative estimate of drug-likeness (QED) is 0.393. The lowest BCUT2D eigenvalue weighted by atomic mass is 10.3. The largest absolute Gasteiger partial charge is 0.370 e. The first-order valence-electron chi connectivity index (χ1n) is 7.62. The monoisotopic (exact) mass is 487 g/mol. The molecule has 1 aromatic rings. The number of hydrogen-bond acceptors (Lipinski definition) is 6. The Morgan fingerprint density at radius 3 is 2.46 bits per heavy atom. The Hall–Kier alpha value is -0.620. The van der Waals surface area contributed by atoms with Crippen molar-refractivity contribution in [2.24, 2.45) is 10.7 Å². The maximum atomic E-state index is 12.0. The molecule has 0 amide bonds. The van der Waals surface area contributed by atoms with Gasteiger partial charge in [0.05, 0.1) is 17.0 Å². The standard InChI is InChI=1S/C14H25N5O2S2.HI/c1-14(2,3)23(20,21)11-5-16-12(15)18-6-8-19(9-7-18)13-17-4-10-22-13;/h4,10H,5-9,11H2,1-3H3,(H2,15,16);1H. The number of hydrogen-bond donors (Lipinski definition) is 1. The van der Waals surface area contributed by atoms with Gasteiger partial charge in [-0.25, -0.2) is 13.4 Å². The van der Waals surface area contributed by atoms with Crippen molar-refractivity contribution in [1.29, 1.82) is 0 Å². The molecule has 0 aromatic carbocycles. The zero-order valence-corrected chi connectivity index (χ0v) is 18.3. The number of aromatic nitrogens is 1. The summed E-state index contributed by atoms with van der Waals surface area (Å²) in [7, 11) is -3.16. The van der Waals surface area contributed by atoms with Crippen LogP contribution in [0.5, 0.6) is 0 Å². The van der Waals surface area contributed by atoms with Crippen LogP contribution in [0.15, 0.2) is 16.6 Å². The van der Waals surface area contributed by atoms with Crippen LogP contribution in [-0.4, -0.2) is 67.5 Å². The van der Waals surface area contributed by atoms with E-state index >= 15 is 0 Å². The smallest absolute Gasteiger partial charge is 0.191 e. The summed E-state index contributed by atoms with van der Waals surface area (Å²) in [6.45, 7) is 8.52. The fraction of sp³-hybridized carbons (Fsp3) is 0.714. The molecule has 1 aliphatic rings. The summed E-state index contributed by atoms with van der Waals surface area (Å²) >= 11 is 1.63. The van der Waals surface area contributed by atoms with Gasteiger partial charge >= 0.3 is 0 Å². The van der Waals surface area contributed by atoms with E-state index in [1.165, 1.54) is 0 Å². The van der Waals surface area contributed by atoms with Crippen molar-refractivity contribution in [2.45, 2.75) is 25.5 Å².